The van der Waals surface area contributed by atoms with Gasteiger partial charge >= 0.3 is 0 Å². The molecule has 138 valence electrons. The fourth-order valence-electron chi connectivity index (χ4n) is 4.78. The van der Waals surface area contributed by atoms with Crippen LogP contribution in [0.1, 0.15) is 31.7 Å². The molecule has 1 atom stereocenters. The van der Waals surface area contributed by atoms with Gasteiger partial charge in [0.15, 0.2) is 5.84 Å². The summed E-state index contributed by atoms with van der Waals surface area (Å²) in [7, 11) is 0. The Morgan fingerprint density at radius 3 is 2.77 bits per heavy atom. The molecule has 0 aliphatic carbocycles. The molecule has 1 amide bonds. The van der Waals surface area contributed by atoms with Crippen molar-refractivity contribution < 1.29 is 9.53 Å². The van der Waals surface area contributed by atoms with E-state index in [1.54, 1.807) is 0 Å². The van der Waals surface area contributed by atoms with Crippen LogP contribution < -0.4 is 25.3 Å². The van der Waals surface area contributed by atoms with Gasteiger partial charge in [-0.05, 0) is 63.9 Å². The number of hydrazone groups is 1. The van der Waals surface area contributed by atoms with Crippen LogP contribution >= 0.6 is 0 Å². The zero-order valence-electron chi connectivity index (χ0n) is 15.3. The summed E-state index contributed by atoms with van der Waals surface area (Å²) in [5.74, 6) is 1.52. The number of carbonyl (C=O) groups excluding carboxylic acids is 1. The van der Waals surface area contributed by atoms with Gasteiger partial charge in [-0.25, -0.2) is 5.43 Å². The Kier molecular flexibility index (Phi) is 3.44. The second-order valence-corrected chi connectivity index (χ2v) is 7.82. The number of nitrogens with one attached hydrogen (secondary N) is 2. The highest BCUT2D eigenvalue weighted by molar-refractivity contribution is 6.09. The number of aryl methyl sites for hydroxylation is 1. The van der Waals surface area contributed by atoms with Gasteiger partial charge in [-0.3, -0.25) is 4.79 Å². The zero-order chi connectivity index (χ0) is 17.9. The van der Waals surface area contributed by atoms with Crippen molar-refractivity contribution in [2.75, 3.05) is 36.0 Å². The van der Waals surface area contributed by atoms with Crippen molar-refractivity contribution in [1.29, 1.82) is 0 Å². The second kappa shape index (κ2) is 5.61. The first-order valence-corrected chi connectivity index (χ1v) is 9.51. The van der Waals surface area contributed by atoms with Gasteiger partial charge in [0.25, 0.3) is 5.91 Å². The Morgan fingerprint density at radius 1 is 1.23 bits per heavy atom. The number of hydrogen-bond acceptors (Lipinski definition) is 6. The number of amidine groups is 1. The summed E-state index contributed by atoms with van der Waals surface area (Å²) in [6.07, 6.45) is 3.64. The Bertz CT molecular complexity index is 799. The van der Waals surface area contributed by atoms with E-state index in [9.17, 15) is 4.79 Å². The van der Waals surface area contributed by atoms with E-state index in [1.807, 2.05) is 11.8 Å². The third kappa shape index (κ3) is 2.16. The summed E-state index contributed by atoms with van der Waals surface area (Å²) in [4.78, 5) is 16.7. The average Bonchev–Trinajstić information content (AvgIpc) is 2.65. The molecule has 1 aromatic rings. The highest BCUT2D eigenvalue weighted by Crippen LogP contribution is 2.47. The molecule has 4 aliphatic rings. The van der Waals surface area contributed by atoms with E-state index < -0.39 is 0 Å². The number of hydrogen-bond donors (Lipinski definition) is 2. The molecule has 2 N–H and O–H groups in total. The zero-order valence-corrected chi connectivity index (χ0v) is 15.3. The predicted molar refractivity (Wildman–Crippen MR) is 101 cm³/mol. The van der Waals surface area contributed by atoms with Crippen LogP contribution in [0.15, 0.2) is 17.2 Å². The quantitative estimate of drug-likeness (QED) is 0.796. The van der Waals surface area contributed by atoms with Crippen LogP contribution in [-0.4, -0.2) is 49.6 Å². The SMILES string of the molecule is Cc1cc2c(cc1N1CCC13CCNCC3)N1C(=NNC(=O)C1C)CO2. The summed E-state index contributed by atoms with van der Waals surface area (Å²) >= 11 is 0. The van der Waals surface area contributed by atoms with Crippen LogP contribution in [0.2, 0.25) is 0 Å². The maximum Gasteiger partial charge on any atom is 0.262 e. The van der Waals surface area contributed by atoms with Crippen LogP contribution in [-0.2, 0) is 4.79 Å². The largest absolute Gasteiger partial charge is 0.483 e. The molecular formula is C19H25N5O2. The Hall–Kier alpha value is -2.28. The molecule has 1 aromatic carbocycles. The lowest BCUT2D eigenvalue weighted by molar-refractivity contribution is -0.122. The number of benzene rings is 1. The number of amides is 1. The number of fused-ring (bicyclic) bond motifs is 3. The minimum atomic E-state index is -0.287. The van der Waals surface area contributed by atoms with E-state index in [4.69, 9.17) is 4.74 Å². The monoisotopic (exact) mass is 355 g/mol. The van der Waals surface area contributed by atoms with Gasteiger partial charge in [0.2, 0.25) is 0 Å². The highest BCUT2D eigenvalue weighted by Gasteiger charge is 2.46. The molecule has 26 heavy (non-hydrogen) atoms. The molecule has 0 saturated carbocycles. The fourth-order valence-corrected chi connectivity index (χ4v) is 4.78. The summed E-state index contributed by atoms with van der Waals surface area (Å²) in [5.41, 5.74) is 6.33. The number of piperidine rings is 1. The summed E-state index contributed by atoms with van der Waals surface area (Å²) in [6.45, 7) is 7.72. The van der Waals surface area contributed by atoms with Crippen LogP contribution in [0, 0.1) is 6.92 Å². The van der Waals surface area contributed by atoms with Gasteiger partial charge in [0.05, 0.1) is 5.69 Å². The molecular weight excluding hydrogens is 330 g/mol. The normalized spacial score (nSPS) is 26.3. The van der Waals surface area contributed by atoms with Gasteiger partial charge in [0.1, 0.15) is 18.4 Å². The Balaban J connectivity index is 1.56. The van der Waals surface area contributed by atoms with Crippen molar-refractivity contribution >= 4 is 23.1 Å². The third-order valence-electron chi connectivity index (χ3n) is 6.43. The van der Waals surface area contributed by atoms with Crippen molar-refractivity contribution in [3.05, 3.63) is 17.7 Å². The first-order valence-electron chi connectivity index (χ1n) is 9.51. The molecule has 0 radical (unpaired) electrons. The smallest absolute Gasteiger partial charge is 0.262 e. The van der Waals surface area contributed by atoms with Crippen LogP contribution in [0.4, 0.5) is 11.4 Å². The van der Waals surface area contributed by atoms with Gasteiger partial charge < -0.3 is 19.9 Å². The molecule has 1 spiro atoms. The molecule has 0 bridgehead atoms. The van der Waals surface area contributed by atoms with Crippen molar-refractivity contribution in [2.24, 2.45) is 5.10 Å². The lowest BCUT2D eigenvalue weighted by Crippen LogP contribution is -2.64. The van der Waals surface area contributed by atoms with Crippen molar-refractivity contribution in [2.45, 2.75) is 44.7 Å². The van der Waals surface area contributed by atoms with E-state index in [0.29, 0.717) is 12.1 Å². The Morgan fingerprint density at radius 2 is 2.04 bits per heavy atom. The lowest BCUT2D eigenvalue weighted by Gasteiger charge is -2.57. The minimum Gasteiger partial charge on any atom is -0.483 e. The summed E-state index contributed by atoms with van der Waals surface area (Å²) < 4.78 is 5.93. The number of rotatable bonds is 1. The van der Waals surface area contributed by atoms with E-state index >= 15 is 0 Å². The minimum absolute atomic E-state index is 0.0810. The van der Waals surface area contributed by atoms with Gasteiger partial charge in [-0.15, -0.1) is 0 Å². The number of anilines is 2. The van der Waals surface area contributed by atoms with Crippen LogP contribution in [0.3, 0.4) is 0 Å². The van der Waals surface area contributed by atoms with E-state index in [1.165, 1.54) is 30.5 Å². The Labute approximate surface area is 153 Å². The molecule has 5 rings (SSSR count). The van der Waals surface area contributed by atoms with E-state index in [0.717, 1.165) is 36.9 Å². The van der Waals surface area contributed by atoms with Crippen LogP contribution in [0.5, 0.6) is 5.75 Å². The first-order chi connectivity index (χ1) is 12.6. The highest BCUT2D eigenvalue weighted by atomic mass is 16.5. The molecule has 7 nitrogen and oxygen atoms in total. The summed E-state index contributed by atoms with van der Waals surface area (Å²) in [6, 6.07) is 4.04. The van der Waals surface area contributed by atoms with E-state index in [2.05, 4.69) is 39.8 Å². The van der Waals surface area contributed by atoms with Crippen molar-refractivity contribution in [1.82, 2.24) is 10.7 Å². The van der Waals surface area contributed by atoms with Gasteiger partial charge in [0, 0.05) is 17.8 Å². The third-order valence-corrected chi connectivity index (χ3v) is 6.43. The maximum atomic E-state index is 12.1. The maximum absolute atomic E-state index is 12.1. The molecule has 2 saturated heterocycles. The molecule has 0 aromatic heterocycles. The molecule has 4 aliphatic heterocycles. The van der Waals surface area contributed by atoms with Crippen LogP contribution in [0.25, 0.3) is 0 Å². The lowest BCUT2D eigenvalue weighted by atomic mass is 9.76. The molecule has 1 unspecified atom stereocenters. The molecule has 2 fully saturated rings. The second-order valence-electron chi connectivity index (χ2n) is 7.82. The number of carbonyl (C=O) groups is 1. The fraction of sp³-hybridized carbons (Fsp3) is 0.579. The number of ether oxygens (including phenoxy) is 1. The van der Waals surface area contributed by atoms with Gasteiger partial charge in [-0.2, -0.15) is 5.10 Å². The van der Waals surface area contributed by atoms with Crippen molar-refractivity contribution in [3.8, 4) is 5.75 Å². The van der Waals surface area contributed by atoms with E-state index in [-0.39, 0.29) is 11.9 Å². The standard InChI is InChI=1S/C19H25N5O2/c1-12-9-16-15(24-13(2)18(25)22-21-17(24)11-26-16)10-14(12)23-8-5-19(23)3-6-20-7-4-19/h9-10,13,20H,3-8,11H2,1-2H3,(H,22,25). The average molecular weight is 355 g/mol. The molecule has 7 heteroatoms. The first kappa shape index (κ1) is 15.9. The van der Waals surface area contributed by atoms with Gasteiger partial charge in [-0.1, -0.05) is 0 Å². The topological polar surface area (TPSA) is 69.2 Å². The predicted octanol–water partition coefficient (Wildman–Crippen LogP) is 1.36. The van der Waals surface area contributed by atoms with Crippen molar-refractivity contribution in [3.63, 3.8) is 0 Å². The number of nitrogens with zero attached hydrogens (tertiary/aromatic N) is 3. The summed E-state index contributed by atoms with van der Waals surface area (Å²) in [5, 5.41) is 7.67. The molecule has 4 heterocycles.